The Kier molecular flexibility index (Phi) is 4.10. The number of aliphatic hydroxyl groups excluding tert-OH is 2. The number of benzene rings is 1. The minimum absolute atomic E-state index is 0.139. The first kappa shape index (κ1) is 12.3. The predicted octanol–water partition coefficient (Wildman–Crippen LogP) is -0.900. The van der Waals surface area contributed by atoms with Gasteiger partial charge in [-0.1, -0.05) is 0 Å². The van der Waals surface area contributed by atoms with Crippen LogP contribution in [0.3, 0.4) is 0 Å². The number of amides is 1. The van der Waals surface area contributed by atoms with Crippen LogP contribution in [0.25, 0.3) is 0 Å². The van der Waals surface area contributed by atoms with Crippen LogP contribution in [-0.4, -0.2) is 35.4 Å². The van der Waals surface area contributed by atoms with Gasteiger partial charge in [0.15, 0.2) is 0 Å². The highest BCUT2D eigenvalue weighted by Gasteiger charge is 2.11. The van der Waals surface area contributed by atoms with Gasteiger partial charge in [0.2, 0.25) is 0 Å². The first-order chi connectivity index (χ1) is 7.54. The van der Waals surface area contributed by atoms with Crippen molar-refractivity contribution in [3.05, 3.63) is 23.8 Å². The highest BCUT2D eigenvalue weighted by Crippen LogP contribution is 2.21. The average molecular weight is 226 g/mol. The van der Waals surface area contributed by atoms with Crippen molar-refractivity contribution in [1.82, 2.24) is 0 Å². The maximum Gasteiger partial charge on any atom is 0.252 e. The second kappa shape index (κ2) is 5.34. The zero-order valence-electron chi connectivity index (χ0n) is 8.59. The Morgan fingerprint density at radius 1 is 1.50 bits per heavy atom. The summed E-state index contributed by atoms with van der Waals surface area (Å²) < 4.78 is 5.14. The van der Waals surface area contributed by atoms with Crippen LogP contribution in [0.1, 0.15) is 10.4 Å². The van der Waals surface area contributed by atoms with Crippen molar-refractivity contribution < 1.29 is 19.7 Å². The molecule has 0 radical (unpaired) electrons. The molecule has 0 saturated heterocycles. The molecule has 16 heavy (non-hydrogen) atoms. The fourth-order valence-electron chi connectivity index (χ4n) is 1.10. The van der Waals surface area contributed by atoms with Crippen molar-refractivity contribution in [2.45, 2.75) is 6.10 Å². The van der Waals surface area contributed by atoms with Gasteiger partial charge in [-0.25, -0.2) is 0 Å². The molecule has 88 valence electrons. The Morgan fingerprint density at radius 3 is 2.75 bits per heavy atom. The molecular formula is C10H14N2O4. The van der Waals surface area contributed by atoms with Crippen LogP contribution in [-0.2, 0) is 0 Å². The van der Waals surface area contributed by atoms with E-state index < -0.39 is 18.6 Å². The number of carbonyl (C=O) groups is 1. The molecule has 0 fully saturated rings. The van der Waals surface area contributed by atoms with Crippen LogP contribution in [0.4, 0.5) is 5.69 Å². The Morgan fingerprint density at radius 2 is 2.19 bits per heavy atom. The quantitative estimate of drug-likeness (QED) is 0.485. The summed E-state index contributed by atoms with van der Waals surface area (Å²) in [4.78, 5) is 11.0. The molecule has 0 aliphatic carbocycles. The number of anilines is 1. The van der Waals surface area contributed by atoms with Gasteiger partial charge in [-0.15, -0.1) is 0 Å². The van der Waals surface area contributed by atoms with E-state index in [4.69, 9.17) is 26.4 Å². The SMILES string of the molecule is NC(=O)c1ccc(N)cc1OCC(O)CO. The molecule has 1 rings (SSSR count). The van der Waals surface area contributed by atoms with E-state index in [1.54, 1.807) is 0 Å². The van der Waals surface area contributed by atoms with E-state index in [0.717, 1.165) is 0 Å². The van der Waals surface area contributed by atoms with Crippen molar-refractivity contribution in [2.24, 2.45) is 5.73 Å². The number of nitrogen functional groups attached to an aromatic ring is 1. The third-order valence-electron chi connectivity index (χ3n) is 1.91. The van der Waals surface area contributed by atoms with Gasteiger partial charge in [-0.2, -0.15) is 0 Å². The Hall–Kier alpha value is -1.79. The first-order valence-corrected chi connectivity index (χ1v) is 4.65. The second-order valence-corrected chi connectivity index (χ2v) is 3.27. The smallest absolute Gasteiger partial charge is 0.252 e. The highest BCUT2D eigenvalue weighted by atomic mass is 16.5. The Bertz CT molecular complexity index is 381. The summed E-state index contributed by atoms with van der Waals surface area (Å²) in [5.74, 6) is -0.450. The second-order valence-electron chi connectivity index (χ2n) is 3.27. The summed E-state index contributed by atoms with van der Waals surface area (Å²) in [7, 11) is 0. The lowest BCUT2D eigenvalue weighted by molar-refractivity contribution is 0.0531. The predicted molar refractivity (Wildman–Crippen MR) is 58.0 cm³/mol. The summed E-state index contributed by atoms with van der Waals surface area (Å²) in [5.41, 5.74) is 11.2. The van der Waals surface area contributed by atoms with E-state index in [9.17, 15) is 4.79 Å². The van der Waals surface area contributed by atoms with Gasteiger partial charge in [0.1, 0.15) is 18.5 Å². The van der Waals surface area contributed by atoms with Crippen molar-refractivity contribution in [3.8, 4) is 5.75 Å². The number of ether oxygens (including phenoxy) is 1. The minimum Gasteiger partial charge on any atom is -0.490 e. The van der Waals surface area contributed by atoms with Crippen LogP contribution in [0.2, 0.25) is 0 Å². The van der Waals surface area contributed by atoms with Crippen molar-refractivity contribution in [2.75, 3.05) is 18.9 Å². The monoisotopic (exact) mass is 226 g/mol. The summed E-state index contributed by atoms with van der Waals surface area (Å²) in [6.07, 6.45) is -1.01. The lowest BCUT2D eigenvalue weighted by Crippen LogP contribution is -2.22. The van der Waals surface area contributed by atoms with Gasteiger partial charge in [0.05, 0.1) is 12.2 Å². The maximum atomic E-state index is 11.0. The van der Waals surface area contributed by atoms with Gasteiger partial charge < -0.3 is 26.4 Å². The molecule has 0 saturated carbocycles. The number of hydrogen-bond donors (Lipinski definition) is 4. The molecule has 1 unspecified atom stereocenters. The summed E-state index contributed by atoms with van der Waals surface area (Å²) in [5, 5.41) is 17.7. The molecule has 1 aromatic rings. The fraction of sp³-hybridized carbons (Fsp3) is 0.300. The molecule has 6 heteroatoms. The van der Waals surface area contributed by atoms with Crippen molar-refractivity contribution in [3.63, 3.8) is 0 Å². The van der Waals surface area contributed by atoms with Gasteiger partial charge in [0.25, 0.3) is 5.91 Å². The van der Waals surface area contributed by atoms with E-state index in [-0.39, 0.29) is 17.9 Å². The topological polar surface area (TPSA) is 119 Å². The van der Waals surface area contributed by atoms with Crippen LogP contribution in [0.5, 0.6) is 5.75 Å². The van der Waals surface area contributed by atoms with Crippen molar-refractivity contribution in [1.29, 1.82) is 0 Å². The fourth-order valence-corrected chi connectivity index (χ4v) is 1.10. The molecule has 1 amide bonds. The molecular weight excluding hydrogens is 212 g/mol. The van der Waals surface area contributed by atoms with E-state index in [1.807, 2.05) is 0 Å². The van der Waals surface area contributed by atoms with Crippen LogP contribution in [0, 0.1) is 0 Å². The van der Waals surface area contributed by atoms with Crippen LogP contribution >= 0.6 is 0 Å². The molecule has 0 aliphatic heterocycles. The molecule has 1 aromatic carbocycles. The number of hydrogen-bond acceptors (Lipinski definition) is 5. The molecule has 0 aromatic heterocycles. The zero-order chi connectivity index (χ0) is 12.1. The zero-order valence-corrected chi connectivity index (χ0v) is 8.59. The normalized spacial score (nSPS) is 12.1. The summed E-state index contributed by atoms with van der Waals surface area (Å²) >= 11 is 0. The number of aliphatic hydroxyl groups is 2. The van der Waals surface area contributed by atoms with Crippen LogP contribution in [0.15, 0.2) is 18.2 Å². The van der Waals surface area contributed by atoms with Crippen molar-refractivity contribution >= 4 is 11.6 Å². The number of rotatable bonds is 5. The third-order valence-corrected chi connectivity index (χ3v) is 1.91. The molecule has 0 heterocycles. The van der Waals surface area contributed by atoms with E-state index in [2.05, 4.69) is 0 Å². The van der Waals surface area contributed by atoms with Gasteiger partial charge in [-0.3, -0.25) is 4.79 Å². The van der Waals surface area contributed by atoms with E-state index in [0.29, 0.717) is 5.69 Å². The largest absolute Gasteiger partial charge is 0.490 e. The Balaban J connectivity index is 2.84. The van der Waals surface area contributed by atoms with Gasteiger partial charge >= 0.3 is 0 Å². The molecule has 0 aliphatic rings. The molecule has 0 spiro atoms. The van der Waals surface area contributed by atoms with E-state index >= 15 is 0 Å². The summed E-state index contributed by atoms with van der Waals surface area (Å²) in [6, 6.07) is 4.40. The minimum atomic E-state index is -1.01. The van der Waals surface area contributed by atoms with Gasteiger partial charge in [0, 0.05) is 11.8 Å². The number of nitrogens with two attached hydrogens (primary N) is 2. The lowest BCUT2D eigenvalue weighted by Gasteiger charge is -2.12. The van der Waals surface area contributed by atoms with E-state index in [1.165, 1.54) is 18.2 Å². The molecule has 1 atom stereocenters. The standard InChI is InChI=1S/C10H14N2O4/c11-6-1-2-8(10(12)15)9(3-6)16-5-7(14)4-13/h1-3,7,13-14H,4-5,11H2,(H2,12,15). The Labute approximate surface area is 92.4 Å². The number of primary amides is 1. The third kappa shape index (κ3) is 3.11. The maximum absolute atomic E-state index is 11.0. The molecule has 6 nitrogen and oxygen atoms in total. The lowest BCUT2D eigenvalue weighted by atomic mass is 10.1. The molecule has 6 N–H and O–H groups in total. The highest BCUT2D eigenvalue weighted by molar-refractivity contribution is 5.96. The average Bonchev–Trinajstić information content (AvgIpc) is 2.25. The number of carbonyl (C=O) groups excluding carboxylic acids is 1. The van der Waals surface area contributed by atoms with Gasteiger partial charge in [-0.05, 0) is 12.1 Å². The van der Waals surface area contributed by atoms with Crippen LogP contribution < -0.4 is 16.2 Å². The summed E-state index contributed by atoms with van der Waals surface area (Å²) in [6.45, 7) is -0.561. The first-order valence-electron chi connectivity index (χ1n) is 4.65. The molecule has 0 bridgehead atoms.